The molecule has 2 unspecified atom stereocenters. The molecule has 2 atom stereocenters. The number of ether oxygens (including phenoxy) is 2. The van der Waals surface area contributed by atoms with Gasteiger partial charge in [-0.2, -0.15) is 0 Å². The summed E-state index contributed by atoms with van der Waals surface area (Å²) in [6.45, 7) is 11.3. The largest absolute Gasteiger partial charge is 0.379 e. The third-order valence-corrected chi connectivity index (χ3v) is 4.94. The van der Waals surface area contributed by atoms with Gasteiger partial charge >= 0.3 is 0 Å². The first kappa shape index (κ1) is 22.9. The minimum absolute atomic E-state index is 0. The van der Waals surface area contributed by atoms with E-state index < -0.39 is 0 Å². The Morgan fingerprint density at radius 1 is 1.28 bits per heavy atom. The van der Waals surface area contributed by atoms with Crippen LogP contribution in [0.2, 0.25) is 0 Å². The second-order valence-corrected chi connectivity index (χ2v) is 7.14. The number of hydrogen-bond acceptors (Lipinski definition) is 4. The normalized spacial score (nSPS) is 22.9. The fourth-order valence-electron chi connectivity index (χ4n) is 3.45. The maximum Gasteiger partial charge on any atom is 0.191 e. The lowest BCUT2D eigenvalue weighted by molar-refractivity contribution is 0.0420. The summed E-state index contributed by atoms with van der Waals surface area (Å²) in [4.78, 5) is 6.95. The Kier molecular flexibility index (Phi) is 12.0. The zero-order valence-corrected chi connectivity index (χ0v) is 18.5. The lowest BCUT2D eigenvalue weighted by Gasteiger charge is -2.31. The first-order chi connectivity index (χ1) is 11.7. The van der Waals surface area contributed by atoms with Gasteiger partial charge in [0.25, 0.3) is 0 Å². The van der Waals surface area contributed by atoms with Crippen LogP contribution in [0.1, 0.15) is 39.5 Å². The second-order valence-electron chi connectivity index (χ2n) is 7.14. The summed E-state index contributed by atoms with van der Waals surface area (Å²) in [5.41, 5.74) is 0. The molecule has 2 rings (SSSR count). The van der Waals surface area contributed by atoms with Crippen LogP contribution in [0.25, 0.3) is 0 Å². The molecular weight excluding hydrogens is 431 g/mol. The van der Waals surface area contributed by atoms with Gasteiger partial charge < -0.3 is 20.1 Å². The third kappa shape index (κ3) is 8.41. The van der Waals surface area contributed by atoms with Gasteiger partial charge in [0.1, 0.15) is 0 Å². The Morgan fingerprint density at radius 3 is 2.64 bits per heavy atom. The molecule has 2 aliphatic heterocycles. The summed E-state index contributed by atoms with van der Waals surface area (Å²) < 4.78 is 11.1. The summed E-state index contributed by atoms with van der Waals surface area (Å²) in [5.74, 6) is 1.54. The van der Waals surface area contributed by atoms with E-state index in [9.17, 15) is 0 Å². The van der Waals surface area contributed by atoms with Crippen LogP contribution in [0.3, 0.4) is 0 Å². The number of guanidine groups is 1. The molecule has 6 nitrogen and oxygen atoms in total. The van der Waals surface area contributed by atoms with E-state index in [-0.39, 0.29) is 24.0 Å². The minimum Gasteiger partial charge on any atom is -0.379 e. The number of nitrogens with zero attached hydrogens (tertiary/aromatic N) is 2. The SMILES string of the molecule is CN=C(NCCCOC1CCOC1)NCC(C(C)C)N1CCCC1.I. The number of halogens is 1. The van der Waals surface area contributed by atoms with Crippen molar-refractivity contribution in [1.29, 1.82) is 0 Å². The van der Waals surface area contributed by atoms with Crippen LogP contribution in [-0.2, 0) is 9.47 Å². The highest BCUT2D eigenvalue weighted by molar-refractivity contribution is 14.0. The molecule has 0 aliphatic carbocycles. The van der Waals surface area contributed by atoms with Gasteiger partial charge in [-0.25, -0.2) is 0 Å². The Labute approximate surface area is 170 Å². The zero-order chi connectivity index (χ0) is 17.2. The molecule has 0 bridgehead atoms. The molecule has 25 heavy (non-hydrogen) atoms. The van der Waals surface area contributed by atoms with Crippen LogP contribution < -0.4 is 10.6 Å². The first-order valence-electron chi connectivity index (χ1n) is 9.58. The molecule has 2 aliphatic rings. The van der Waals surface area contributed by atoms with Crippen molar-refractivity contribution in [3.05, 3.63) is 0 Å². The van der Waals surface area contributed by atoms with Crippen LogP contribution in [0.5, 0.6) is 0 Å². The Bertz CT molecular complexity index is 370. The molecule has 2 N–H and O–H groups in total. The van der Waals surface area contributed by atoms with Gasteiger partial charge in [0, 0.05) is 39.4 Å². The number of aliphatic imine (C=N–C) groups is 1. The van der Waals surface area contributed by atoms with Crippen LogP contribution >= 0.6 is 24.0 Å². The number of nitrogens with one attached hydrogen (secondary N) is 2. The predicted octanol–water partition coefficient (Wildman–Crippen LogP) is 2.09. The Balaban J connectivity index is 0.00000312. The van der Waals surface area contributed by atoms with E-state index in [1.807, 2.05) is 7.05 Å². The van der Waals surface area contributed by atoms with E-state index in [2.05, 4.69) is 34.4 Å². The maximum atomic E-state index is 5.78. The van der Waals surface area contributed by atoms with Crippen molar-refractivity contribution in [2.24, 2.45) is 10.9 Å². The zero-order valence-electron chi connectivity index (χ0n) is 16.1. The van der Waals surface area contributed by atoms with Gasteiger partial charge in [-0.15, -0.1) is 24.0 Å². The van der Waals surface area contributed by atoms with Gasteiger partial charge in [-0.05, 0) is 44.7 Å². The van der Waals surface area contributed by atoms with Crippen molar-refractivity contribution < 1.29 is 9.47 Å². The highest BCUT2D eigenvalue weighted by atomic mass is 127. The standard InChI is InChI=1S/C18H36N4O2.HI/c1-15(2)17(22-9-4-5-10-22)13-21-18(19-3)20-8-6-11-24-16-7-12-23-14-16;/h15-17H,4-14H2,1-3H3,(H2,19,20,21);1H. The molecule has 7 heteroatoms. The maximum absolute atomic E-state index is 5.78. The van der Waals surface area contributed by atoms with Crippen LogP contribution in [-0.4, -0.2) is 76.1 Å². The van der Waals surface area contributed by atoms with Crippen molar-refractivity contribution in [1.82, 2.24) is 15.5 Å². The second kappa shape index (κ2) is 13.1. The average Bonchev–Trinajstić information content (AvgIpc) is 3.26. The topological polar surface area (TPSA) is 58.1 Å². The quantitative estimate of drug-likeness (QED) is 0.235. The van der Waals surface area contributed by atoms with E-state index in [4.69, 9.17) is 9.47 Å². The molecule has 0 amide bonds. The molecule has 0 aromatic heterocycles. The van der Waals surface area contributed by atoms with Crippen LogP contribution in [0.15, 0.2) is 4.99 Å². The monoisotopic (exact) mass is 468 g/mol. The summed E-state index contributed by atoms with van der Waals surface area (Å²) >= 11 is 0. The van der Waals surface area contributed by atoms with Gasteiger partial charge in [0.2, 0.25) is 0 Å². The predicted molar refractivity (Wildman–Crippen MR) is 114 cm³/mol. The average molecular weight is 468 g/mol. The van der Waals surface area contributed by atoms with Crippen molar-refractivity contribution in [2.75, 3.05) is 53.0 Å². The molecule has 0 radical (unpaired) electrons. The fourth-order valence-corrected chi connectivity index (χ4v) is 3.45. The first-order valence-corrected chi connectivity index (χ1v) is 9.58. The summed E-state index contributed by atoms with van der Waals surface area (Å²) in [7, 11) is 1.84. The molecule has 0 aromatic carbocycles. The molecule has 2 heterocycles. The number of hydrogen-bond donors (Lipinski definition) is 2. The van der Waals surface area contributed by atoms with Crippen molar-refractivity contribution in [3.8, 4) is 0 Å². The van der Waals surface area contributed by atoms with E-state index in [1.54, 1.807) is 0 Å². The smallest absolute Gasteiger partial charge is 0.191 e. The highest BCUT2D eigenvalue weighted by Crippen LogP contribution is 2.17. The lowest BCUT2D eigenvalue weighted by atomic mass is 10.0. The van der Waals surface area contributed by atoms with Crippen molar-refractivity contribution in [3.63, 3.8) is 0 Å². The Morgan fingerprint density at radius 2 is 2.04 bits per heavy atom. The molecule has 148 valence electrons. The highest BCUT2D eigenvalue weighted by Gasteiger charge is 2.24. The van der Waals surface area contributed by atoms with E-state index in [1.165, 1.54) is 25.9 Å². The number of likely N-dealkylation sites (tertiary alicyclic amines) is 1. The summed E-state index contributed by atoms with van der Waals surface area (Å²) in [5, 5.41) is 6.88. The summed E-state index contributed by atoms with van der Waals surface area (Å²) in [6.07, 6.45) is 4.99. The number of rotatable bonds is 9. The van der Waals surface area contributed by atoms with Crippen LogP contribution in [0.4, 0.5) is 0 Å². The molecular formula is C18H37IN4O2. The molecule has 2 saturated heterocycles. The third-order valence-electron chi connectivity index (χ3n) is 4.94. The Hall–Kier alpha value is -0.120. The van der Waals surface area contributed by atoms with Gasteiger partial charge in [0.15, 0.2) is 5.96 Å². The summed E-state index contributed by atoms with van der Waals surface area (Å²) in [6, 6.07) is 0.580. The van der Waals surface area contributed by atoms with Crippen molar-refractivity contribution in [2.45, 2.75) is 51.7 Å². The van der Waals surface area contributed by atoms with Gasteiger partial charge in [-0.1, -0.05) is 13.8 Å². The van der Waals surface area contributed by atoms with E-state index >= 15 is 0 Å². The molecule has 0 aromatic rings. The minimum atomic E-state index is 0. The molecule has 2 fully saturated rings. The molecule has 0 spiro atoms. The lowest BCUT2D eigenvalue weighted by Crippen LogP contribution is -2.48. The van der Waals surface area contributed by atoms with Gasteiger partial charge in [-0.3, -0.25) is 9.89 Å². The molecule has 0 saturated carbocycles. The fraction of sp³-hybridized carbons (Fsp3) is 0.944. The van der Waals surface area contributed by atoms with Crippen LogP contribution in [0, 0.1) is 5.92 Å². The van der Waals surface area contributed by atoms with E-state index in [0.717, 1.165) is 51.7 Å². The van der Waals surface area contributed by atoms with Crippen molar-refractivity contribution >= 4 is 29.9 Å². The van der Waals surface area contributed by atoms with Gasteiger partial charge in [0.05, 0.1) is 12.7 Å². The van der Waals surface area contributed by atoms with E-state index in [0.29, 0.717) is 18.1 Å².